The molecule has 0 aromatic heterocycles. The number of benzene rings is 1. The molecule has 2 unspecified atom stereocenters. The van der Waals surface area contributed by atoms with Gasteiger partial charge >= 0.3 is 6.18 Å². The van der Waals surface area contributed by atoms with E-state index >= 15 is 0 Å². The first-order valence-corrected chi connectivity index (χ1v) is 4.98. The lowest BCUT2D eigenvalue weighted by atomic mass is 9.89. The topological polar surface area (TPSA) is 17.1 Å². The largest absolute Gasteiger partial charge is 0.416 e. The molecule has 88 valence electrons. The molecule has 1 aromatic rings. The molecule has 0 aliphatic rings. The maximum atomic E-state index is 12.3. The quantitative estimate of drug-likeness (QED) is 0.724. The molecule has 1 rings (SSSR count). The molecule has 2 atom stereocenters. The Balaban J connectivity index is 2.91. The van der Waals surface area contributed by atoms with Crippen LogP contribution in [0.4, 0.5) is 13.2 Å². The molecular weight excluding hydrogens is 217 g/mol. The van der Waals surface area contributed by atoms with Gasteiger partial charge in [0.25, 0.3) is 0 Å². The number of hydrogen-bond donors (Lipinski definition) is 0. The van der Waals surface area contributed by atoms with Gasteiger partial charge in [-0.25, -0.2) is 0 Å². The average molecular weight is 230 g/mol. The molecule has 0 heterocycles. The highest BCUT2D eigenvalue weighted by molar-refractivity contribution is 5.55. The van der Waals surface area contributed by atoms with Crippen LogP contribution in [0.15, 0.2) is 24.3 Å². The van der Waals surface area contributed by atoms with Gasteiger partial charge in [0.15, 0.2) is 0 Å². The van der Waals surface area contributed by atoms with Gasteiger partial charge in [0.1, 0.15) is 6.29 Å². The highest BCUT2D eigenvalue weighted by Crippen LogP contribution is 2.31. The van der Waals surface area contributed by atoms with Crippen LogP contribution in [-0.4, -0.2) is 6.29 Å². The van der Waals surface area contributed by atoms with Crippen molar-refractivity contribution in [2.45, 2.75) is 25.9 Å². The number of rotatable bonds is 3. The Bertz CT molecular complexity index is 354. The lowest BCUT2D eigenvalue weighted by Crippen LogP contribution is -2.09. The standard InChI is InChI=1S/C12H13F3O/c1-8(7-16)9(2)10-3-5-11(6-4-10)12(13,14)15/h3-9H,1-2H3. The summed E-state index contributed by atoms with van der Waals surface area (Å²) in [5.74, 6) is -0.267. The molecule has 0 saturated heterocycles. The third kappa shape index (κ3) is 2.84. The highest BCUT2D eigenvalue weighted by Gasteiger charge is 2.30. The van der Waals surface area contributed by atoms with Gasteiger partial charge in [0.2, 0.25) is 0 Å². The summed E-state index contributed by atoms with van der Waals surface area (Å²) in [7, 11) is 0. The van der Waals surface area contributed by atoms with Crippen LogP contribution in [0, 0.1) is 5.92 Å². The van der Waals surface area contributed by atoms with E-state index in [-0.39, 0.29) is 11.8 Å². The van der Waals surface area contributed by atoms with Crippen LogP contribution in [-0.2, 0) is 11.0 Å². The van der Waals surface area contributed by atoms with Crippen molar-refractivity contribution in [3.63, 3.8) is 0 Å². The Hall–Kier alpha value is -1.32. The summed E-state index contributed by atoms with van der Waals surface area (Å²) in [6.45, 7) is 3.57. The Morgan fingerprint density at radius 2 is 1.62 bits per heavy atom. The molecule has 0 saturated carbocycles. The molecule has 0 spiro atoms. The lowest BCUT2D eigenvalue weighted by molar-refractivity contribution is -0.137. The zero-order valence-electron chi connectivity index (χ0n) is 9.08. The van der Waals surface area contributed by atoms with Gasteiger partial charge in [0.05, 0.1) is 5.56 Å². The zero-order chi connectivity index (χ0) is 12.3. The number of aldehydes is 1. The van der Waals surface area contributed by atoms with Gasteiger partial charge < -0.3 is 4.79 Å². The summed E-state index contributed by atoms with van der Waals surface area (Å²) in [5, 5.41) is 0. The second kappa shape index (κ2) is 4.68. The molecule has 0 amide bonds. The van der Waals surface area contributed by atoms with E-state index in [9.17, 15) is 18.0 Å². The van der Waals surface area contributed by atoms with E-state index in [0.717, 1.165) is 24.0 Å². The minimum Gasteiger partial charge on any atom is -0.303 e. The van der Waals surface area contributed by atoms with Crippen LogP contribution in [0.2, 0.25) is 0 Å². The molecule has 1 aromatic carbocycles. The fraction of sp³-hybridized carbons (Fsp3) is 0.417. The van der Waals surface area contributed by atoms with E-state index < -0.39 is 11.7 Å². The van der Waals surface area contributed by atoms with Crippen LogP contribution in [0.1, 0.15) is 30.9 Å². The molecule has 0 bridgehead atoms. The molecular formula is C12H13F3O. The fourth-order valence-corrected chi connectivity index (χ4v) is 1.40. The molecule has 16 heavy (non-hydrogen) atoms. The Morgan fingerprint density at radius 3 is 2.00 bits per heavy atom. The van der Waals surface area contributed by atoms with Crippen LogP contribution in [0.5, 0.6) is 0 Å². The number of carbonyl (C=O) groups is 1. The average Bonchev–Trinajstić information content (AvgIpc) is 2.26. The maximum absolute atomic E-state index is 12.3. The third-order valence-electron chi connectivity index (χ3n) is 2.77. The van der Waals surface area contributed by atoms with Crippen LogP contribution < -0.4 is 0 Å². The van der Waals surface area contributed by atoms with Crippen LogP contribution in [0.3, 0.4) is 0 Å². The van der Waals surface area contributed by atoms with Crippen molar-refractivity contribution in [3.8, 4) is 0 Å². The van der Waals surface area contributed by atoms with E-state index in [1.165, 1.54) is 12.1 Å². The van der Waals surface area contributed by atoms with Crippen molar-refractivity contribution in [2.24, 2.45) is 5.92 Å². The summed E-state index contributed by atoms with van der Waals surface area (Å²) >= 11 is 0. The minimum atomic E-state index is -4.31. The van der Waals surface area contributed by atoms with Crippen molar-refractivity contribution < 1.29 is 18.0 Å². The number of hydrogen-bond acceptors (Lipinski definition) is 1. The molecule has 0 radical (unpaired) electrons. The first-order valence-electron chi connectivity index (χ1n) is 4.98. The van der Waals surface area contributed by atoms with Gasteiger partial charge in [-0.3, -0.25) is 0 Å². The second-order valence-corrected chi connectivity index (χ2v) is 3.90. The molecule has 0 N–H and O–H groups in total. The molecule has 0 fully saturated rings. The van der Waals surface area contributed by atoms with Crippen LogP contribution >= 0.6 is 0 Å². The maximum Gasteiger partial charge on any atom is 0.416 e. The smallest absolute Gasteiger partial charge is 0.303 e. The molecule has 1 nitrogen and oxygen atoms in total. The van der Waals surface area contributed by atoms with E-state index in [1.807, 2.05) is 6.92 Å². The minimum absolute atomic E-state index is 0.0696. The van der Waals surface area contributed by atoms with Crippen molar-refractivity contribution in [3.05, 3.63) is 35.4 Å². The lowest BCUT2D eigenvalue weighted by Gasteiger charge is -2.15. The van der Waals surface area contributed by atoms with Crippen molar-refractivity contribution in [2.75, 3.05) is 0 Å². The summed E-state index contributed by atoms with van der Waals surface area (Å²) in [6, 6.07) is 4.94. The summed E-state index contributed by atoms with van der Waals surface area (Å²) in [4.78, 5) is 10.6. The van der Waals surface area contributed by atoms with E-state index in [4.69, 9.17) is 0 Å². The number of alkyl halides is 3. The molecule has 0 aliphatic carbocycles. The summed E-state index contributed by atoms with van der Waals surface area (Å²) < 4.78 is 36.9. The predicted molar refractivity (Wildman–Crippen MR) is 55.1 cm³/mol. The van der Waals surface area contributed by atoms with Gasteiger partial charge in [-0.2, -0.15) is 13.2 Å². The monoisotopic (exact) mass is 230 g/mol. The normalized spacial score (nSPS) is 15.6. The first kappa shape index (κ1) is 12.7. The van der Waals surface area contributed by atoms with Gasteiger partial charge in [-0.05, 0) is 23.6 Å². The van der Waals surface area contributed by atoms with Gasteiger partial charge in [-0.1, -0.05) is 26.0 Å². The zero-order valence-corrected chi connectivity index (χ0v) is 9.08. The van der Waals surface area contributed by atoms with Gasteiger partial charge in [0, 0.05) is 5.92 Å². The van der Waals surface area contributed by atoms with Crippen molar-refractivity contribution >= 4 is 6.29 Å². The molecule has 0 aliphatic heterocycles. The summed E-state index contributed by atoms with van der Waals surface area (Å²) in [5.41, 5.74) is 0.0785. The van der Waals surface area contributed by atoms with Crippen molar-refractivity contribution in [1.82, 2.24) is 0 Å². The predicted octanol–water partition coefficient (Wildman–Crippen LogP) is 3.64. The van der Waals surface area contributed by atoms with Crippen LogP contribution in [0.25, 0.3) is 0 Å². The second-order valence-electron chi connectivity index (χ2n) is 3.90. The first-order chi connectivity index (χ1) is 7.36. The highest BCUT2D eigenvalue weighted by atomic mass is 19.4. The number of halogens is 3. The van der Waals surface area contributed by atoms with Gasteiger partial charge in [-0.15, -0.1) is 0 Å². The third-order valence-corrected chi connectivity index (χ3v) is 2.77. The SMILES string of the molecule is CC(C=O)C(C)c1ccc(C(F)(F)F)cc1. The van der Waals surface area contributed by atoms with Crippen molar-refractivity contribution in [1.29, 1.82) is 0 Å². The Kier molecular flexibility index (Phi) is 3.73. The van der Waals surface area contributed by atoms with E-state index in [0.29, 0.717) is 0 Å². The number of carbonyl (C=O) groups excluding carboxylic acids is 1. The fourth-order valence-electron chi connectivity index (χ4n) is 1.40. The summed E-state index contributed by atoms with van der Waals surface area (Å²) in [6.07, 6.45) is -3.50. The van der Waals surface area contributed by atoms with E-state index in [1.54, 1.807) is 6.92 Å². The Labute approximate surface area is 92.3 Å². The molecule has 4 heteroatoms. The Morgan fingerprint density at radius 1 is 1.12 bits per heavy atom. The van der Waals surface area contributed by atoms with E-state index in [2.05, 4.69) is 0 Å².